The molecule has 0 bridgehead atoms. The van der Waals surface area contributed by atoms with E-state index in [-0.39, 0.29) is 17.9 Å². The van der Waals surface area contributed by atoms with E-state index in [0.717, 1.165) is 24.8 Å². The summed E-state index contributed by atoms with van der Waals surface area (Å²) in [5.74, 6) is 1.15. The molecule has 1 fully saturated rings. The first kappa shape index (κ1) is 22.2. The molecule has 176 valence electrons. The summed E-state index contributed by atoms with van der Waals surface area (Å²) in [6.07, 6.45) is 5.04. The Morgan fingerprint density at radius 3 is 2.52 bits per heavy atom. The quantitative estimate of drug-likeness (QED) is 0.726. The molecule has 1 atom stereocenters. The molecule has 7 nitrogen and oxygen atoms in total. The number of amides is 1. The van der Waals surface area contributed by atoms with Crippen LogP contribution in [-0.2, 0) is 27.7 Å². The van der Waals surface area contributed by atoms with Crippen LogP contribution >= 0.6 is 0 Å². The number of fused-ring (bicyclic) bond motifs is 2. The summed E-state index contributed by atoms with van der Waals surface area (Å²) in [6.45, 7) is 1.46. The second-order valence-electron chi connectivity index (χ2n) is 9.06. The lowest BCUT2D eigenvalue weighted by atomic mass is 9.92. The highest BCUT2D eigenvalue weighted by atomic mass is 32.2. The fraction of sp³-hybridized carbons (Fsp3) is 0.480. The largest absolute Gasteiger partial charge is 0.486 e. The highest BCUT2D eigenvalue weighted by molar-refractivity contribution is 7.89. The Labute approximate surface area is 195 Å². The van der Waals surface area contributed by atoms with Gasteiger partial charge in [-0.1, -0.05) is 18.2 Å². The minimum Gasteiger partial charge on any atom is -0.486 e. The number of nitrogens with zero attached hydrogens (tertiary/aromatic N) is 1. The van der Waals surface area contributed by atoms with Crippen molar-refractivity contribution in [2.24, 2.45) is 5.92 Å². The number of sulfonamides is 1. The molecule has 2 aromatic carbocycles. The third-order valence-electron chi connectivity index (χ3n) is 6.85. The maximum Gasteiger partial charge on any atom is 0.243 e. The summed E-state index contributed by atoms with van der Waals surface area (Å²) in [6, 6.07) is 13.0. The van der Waals surface area contributed by atoms with Crippen LogP contribution < -0.4 is 14.8 Å². The van der Waals surface area contributed by atoms with Crippen LogP contribution in [0.15, 0.2) is 47.4 Å². The van der Waals surface area contributed by atoms with Crippen molar-refractivity contribution in [1.29, 1.82) is 0 Å². The SMILES string of the molecule is O=C(NC[C@H]1COc2ccccc2O1)C1CCN(S(=O)(=O)c2ccc3c(c2)CCCC3)CC1. The molecule has 1 N–H and O–H groups in total. The second-order valence-corrected chi connectivity index (χ2v) is 11.0. The molecule has 33 heavy (non-hydrogen) atoms. The lowest BCUT2D eigenvalue weighted by Gasteiger charge is -2.31. The third kappa shape index (κ3) is 4.73. The number of para-hydroxylation sites is 2. The summed E-state index contributed by atoms with van der Waals surface area (Å²) in [5, 5.41) is 2.96. The van der Waals surface area contributed by atoms with Gasteiger partial charge in [0, 0.05) is 19.0 Å². The lowest BCUT2D eigenvalue weighted by Crippen LogP contribution is -2.46. The number of piperidine rings is 1. The van der Waals surface area contributed by atoms with E-state index in [1.54, 1.807) is 6.07 Å². The maximum atomic E-state index is 13.2. The van der Waals surface area contributed by atoms with Crippen molar-refractivity contribution in [3.63, 3.8) is 0 Å². The Bertz CT molecular complexity index is 1130. The van der Waals surface area contributed by atoms with Crippen LogP contribution in [0.1, 0.15) is 36.8 Å². The van der Waals surface area contributed by atoms with Crippen molar-refractivity contribution in [3.8, 4) is 11.5 Å². The molecule has 2 heterocycles. The van der Waals surface area contributed by atoms with Crippen molar-refractivity contribution in [2.45, 2.75) is 49.5 Å². The molecule has 0 saturated carbocycles. The minimum atomic E-state index is -3.54. The monoisotopic (exact) mass is 470 g/mol. The minimum absolute atomic E-state index is 0.0525. The molecule has 5 rings (SSSR count). The first-order chi connectivity index (χ1) is 16.0. The molecule has 1 aliphatic carbocycles. The average molecular weight is 471 g/mol. The van der Waals surface area contributed by atoms with E-state index in [2.05, 4.69) is 5.32 Å². The van der Waals surface area contributed by atoms with E-state index in [9.17, 15) is 13.2 Å². The summed E-state index contributed by atoms with van der Waals surface area (Å²) in [4.78, 5) is 13.1. The number of aryl methyl sites for hydroxylation is 2. The van der Waals surface area contributed by atoms with Gasteiger partial charge in [-0.3, -0.25) is 4.79 Å². The van der Waals surface area contributed by atoms with Gasteiger partial charge in [-0.25, -0.2) is 8.42 Å². The Hall–Kier alpha value is -2.58. The normalized spacial score (nSPS) is 21.3. The van der Waals surface area contributed by atoms with Crippen LogP contribution in [0.2, 0.25) is 0 Å². The van der Waals surface area contributed by atoms with E-state index >= 15 is 0 Å². The zero-order chi connectivity index (χ0) is 22.8. The molecule has 0 radical (unpaired) electrons. The number of nitrogens with one attached hydrogen (secondary N) is 1. The Balaban J connectivity index is 1.13. The topological polar surface area (TPSA) is 84.9 Å². The molecular weight excluding hydrogens is 440 g/mol. The Kier molecular flexibility index (Phi) is 6.29. The van der Waals surface area contributed by atoms with Gasteiger partial charge < -0.3 is 14.8 Å². The van der Waals surface area contributed by atoms with Crippen molar-refractivity contribution < 1.29 is 22.7 Å². The van der Waals surface area contributed by atoms with Crippen LogP contribution in [-0.4, -0.2) is 51.0 Å². The smallest absolute Gasteiger partial charge is 0.243 e. The highest BCUT2D eigenvalue weighted by Gasteiger charge is 2.33. The van der Waals surface area contributed by atoms with Gasteiger partial charge >= 0.3 is 0 Å². The fourth-order valence-corrected chi connectivity index (χ4v) is 6.42. The van der Waals surface area contributed by atoms with Crippen LogP contribution in [0.4, 0.5) is 0 Å². The number of benzene rings is 2. The van der Waals surface area contributed by atoms with Crippen molar-refractivity contribution in [1.82, 2.24) is 9.62 Å². The molecule has 2 aromatic rings. The molecule has 8 heteroatoms. The molecule has 3 aliphatic rings. The number of ether oxygens (including phenoxy) is 2. The van der Waals surface area contributed by atoms with Gasteiger partial charge in [0.1, 0.15) is 12.7 Å². The third-order valence-corrected chi connectivity index (χ3v) is 8.75. The van der Waals surface area contributed by atoms with E-state index in [4.69, 9.17) is 9.47 Å². The average Bonchev–Trinajstić information content (AvgIpc) is 2.87. The highest BCUT2D eigenvalue weighted by Crippen LogP contribution is 2.31. The number of hydrogen-bond donors (Lipinski definition) is 1. The van der Waals surface area contributed by atoms with Gasteiger partial charge in [0.05, 0.1) is 11.4 Å². The van der Waals surface area contributed by atoms with E-state index in [1.165, 1.54) is 16.3 Å². The Morgan fingerprint density at radius 1 is 1.00 bits per heavy atom. The maximum absolute atomic E-state index is 13.2. The van der Waals surface area contributed by atoms with Crippen molar-refractivity contribution in [3.05, 3.63) is 53.6 Å². The summed E-state index contributed by atoms with van der Waals surface area (Å²) >= 11 is 0. The fourth-order valence-electron chi connectivity index (χ4n) is 4.90. The molecule has 0 aromatic heterocycles. The van der Waals surface area contributed by atoms with E-state index < -0.39 is 10.0 Å². The molecule has 0 unspecified atom stereocenters. The molecule has 0 spiro atoms. The number of rotatable bonds is 5. The predicted octanol–water partition coefficient (Wildman–Crippen LogP) is 2.92. The summed E-state index contributed by atoms with van der Waals surface area (Å²) < 4.78 is 39.5. The van der Waals surface area contributed by atoms with Crippen LogP contribution in [0.25, 0.3) is 0 Å². The summed E-state index contributed by atoms with van der Waals surface area (Å²) in [5.41, 5.74) is 2.43. The standard InChI is InChI=1S/C25H30N2O5S/c28-25(26-16-21-17-31-23-7-3-4-8-24(23)32-21)19-11-13-27(14-12-19)33(29,30)22-10-9-18-5-1-2-6-20(18)15-22/h3-4,7-10,15,19,21H,1-2,5-6,11-14,16-17H2,(H,26,28)/t21-/m0/s1. The van der Waals surface area contributed by atoms with Crippen LogP contribution in [0.3, 0.4) is 0 Å². The molecule has 1 amide bonds. The van der Waals surface area contributed by atoms with E-state index in [0.29, 0.717) is 55.5 Å². The second kappa shape index (κ2) is 9.35. The number of hydrogen-bond acceptors (Lipinski definition) is 5. The summed E-state index contributed by atoms with van der Waals surface area (Å²) in [7, 11) is -3.54. The van der Waals surface area contributed by atoms with Crippen LogP contribution in [0.5, 0.6) is 11.5 Å². The zero-order valence-electron chi connectivity index (χ0n) is 18.7. The lowest BCUT2D eigenvalue weighted by molar-refractivity contribution is -0.126. The van der Waals surface area contributed by atoms with Gasteiger partial charge in [-0.05, 0) is 73.9 Å². The number of carbonyl (C=O) groups is 1. The first-order valence-electron chi connectivity index (χ1n) is 11.8. The number of carbonyl (C=O) groups excluding carboxylic acids is 1. The van der Waals surface area contributed by atoms with E-state index in [1.807, 2.05) is 36.4 Å². The van der Waals surface area contributed by atoms with Gasteiger partial charge in [0.25, 0.3) is 0 Å². The Morgan fingerprint density at radius 2 is 1.73 bits per heavy atom. The molecule has 2 aliphatic heterocycles. The van der Waals surface area contributed by atoms with Crippen LogP contribution in [0, 0.1) is 5.92 Å². The van der Waals surface area contributed by atoms with Crippen molar-refractivity contribution >= 4 is 15.9 Å². The van der Waals surface area contributed by atoms with Crippen molar-refractivity contribution in [2.75, 3.05) is 26.2 Å². The first-order valence-corrected chi connectivity index (χ1v) is 13.2. The van der Waals surface area contributed by atoms with Gasteiger partial charge in [0.15, 0.2) is 11.5 Å². The van der Waals surface area contributed by atoms with Gasteiger partial charge in [-0.2, -0.15) is 4.31 Å². The predicted molar refractivity (Wildman–Crippen MR) is 124 cm³/mol. The van der Waals surface area contributed by atoms with Gasteiger partial charge in [0.2, 0.25) is 15.9 Å². The molecule has 1 saturated heterocycles. The van der Waals surface area contributed by atoms with Gasteiger partial charge in [-0.15, -0.1) is 0 Å². The molecular formula is C25H30N2O5S. The zero-order valence-corrected chi connectivity index (χ0v) is 19.5.